The standard InChI is InChI=1S/C14H16ClN3OS/c1-10-9-20-13(17-10)3-2-8-16-14(19)18-12-6-4-11(15)5-7-12/h4-7,9H,2-3,8H2,1H3,(H2,16,18,19). The van der Waals surface area contributed by atoms with E-state index in [2.05, 4.69) is 15.6 Å². The van der Waals surface area contributed by atoms with Crippen LogP contribution < -0.4 is 10.6 Å². The topological polar surface area (TPSA) is 54.0 Å². The average molecular weight is 310 g/mol. The van der Waals surface area contributed by atoms with Crippen LogP contribution in [0.4, 0.5) is 10.5 Å². The smallest absolute Gasteiger partial charge is 0.319 e. The van der Waals surface area contributed by atoms with Gasteiger partial charge in [0.15, 0.2) is 0 Å². The fourth-order valence-corrected chi connectivity index (χ4v) is 2.61. The number of nitrogens with one attached hydrogen (secondary N) is 2. The molecule has 0 unspecified atom stereocenters. The maximum Gasteiger partial charge on any atom is 0.319 e. The molecule has 2 rings (SSSR count). The minimum atomic E-state index is -0.206. The van der Waals surface area contributed by atoms with E-state index in [4.69, 9.17) is 11.6 Å². The van der Waals surface area contributed by atoms with Crippen molar-refractivity contribution in [1.29, 1.82) is 0 Å². The van der Waals surface area contributed by atoms with Crippen molar-refractivity contribution < 1.29 is 4.79 Å². The van der Waals surface area contributed by atoms with Crippen LogP contribution in [0.1, 0.15) is 17.1 Å². The van der Waals surface area contributed by atoms with Gasteiger partial charge in [-0.15, -0.1) is 11.3 Å². The summed E-state index contributed by atoms with van der Waals surface area (Å²) in [5.41, 5.74) is 1.78. The van der Waals surface area contributed by atoms with Gasteiger partial charge in [-0.3, -0.25) is 0 Å². The first-order chi connectivity index (χ1) is 9.63. The molecule has 0 aliphatic rings. The summed E-state index contributed by atoms with van der Waals surface area (Å²) < 4.78 is 0. The summed E-state index contributed by atoms with van der Waals surface area (Å²) in [4.78, 5) is 16.0. The van der Waals surface area contributed by atoms with Crippen molar-refractivity contribution in [2.24, 2.45) is 0 Å². The Kier molecular flexibility index (Phi) is 5.38. The fraction of sp³-hybridized carbons (Fsp3) is 0.286. The van der Waals surface area contributed by atoms with Crippen molar-refractivity contribution in [3.63, 3.8) is 0 Å². The molecule has 0 aliphatic heterocycles. The molecular formula is C14H16ClN3OS. The Labute approximate surface area is 127 Å². The van der Waals surface area contributed by atoms with Gasteiger partial charge in [-0.1, -0.05) is 11.6 Å². The number of amides is 2. The van der Waals surface area contributed by atoms with Gasteiger partial charge in [0.1, 0.15) is 0 Å². The number of aryl methyl sites for hydroxylation is 2. The Morgan fingerprint density at radius 2 is 2.10 bits per heavy atom. The summed E-state index contributed by atoms with van der Waals surface area (Å²) >= 11 is 7.44. The van der Waals surface area contributed by atoms with E-state index >= 15 is 0 Å². The van der Waals surface area contributed by atoms with Crippen LogP contribution in [0.2, 0.25) is 5.02 Å². The first kappa shape index (κ1) is 14.8. The Morgan fingerprint density at radius 1 is 1.35 bits per heavy atom. The number of benzene rings is 1. The van der Waals surface area contributed by atoms with Crippen molar-refractivity contribution >= 4 is 34.7 Å². The van der Waals surface area contributed by atoms with Crippen LogP contribution >= 0.6 is 22.9 Å². The lowest BCUT2D eigenvalue weighted by atomic mass is 10.3. The predicted octanol–water partition coefficient (Wildman–Crippen LogP) is 3.86. The number of rotatable bonds is 5. The maximum atomic E-state index is 11.6. The van der Waals surface area contributed by atoms with E-state index in [-0.39, 0.29) is 6.03 Å². The van der Waals surface area contributed by atoms with E-state index in [1.54, 1.807) is 35.6 Å². The average Bonchev–Trinajstić information content (AvgIpc) is 2.83. The third-order valence-corrected chi connectivity index (χ3v) is 3.90. The summed E-state index contributed by atoms with van der Waals surface area (Å²) in [6.07, 6.45) is 1.76. The van der Waals surface area contributed by atoms with Gasteiger partial charge in [0.2, 0.25) is 0 Å². The largest absolute Gasteiger partial charge is 0.338 e. The van der Waals surface area contributed by atoms with Gasteiger partial charge in [-0.05, 0) is 37.6 Å². The highest BCUT2D eigenvalue weighted by atomic mass is 35.5. The van der Waals surface area contributed by atoms with Gasteiger partial charge >= 0.3 is 6.03 Å². The zero-order valence-electron chi connectivity index (χ0n) is 11.1. The van der Waals surface area contributed by atoms with Crippen molar-refractivity contribution in [2.75, 3.05) is 11.9 Å². The number of nitrogens with zero attached hydrogens (tertiary/aromatic N) is 1. The number of carbonyl (C=O) groups is 1. The fourth-order valence-electron chi connectivity index (χ4n) is 1.67. The molecule has 0 atom stereocenters. The summed E-state index contributed by atoms with van der Waals surface area (Å²) in [5.74, 6) is 0. The third-order valence-electron chi connectivity index (χ3n) is 2.62. The van der Waals surface area contributed by atoms with Crippen LogP contribution in [0.15, 0.2) is 29.6 Å². The third kappa shape index (κ3) is 4.83. The Bertz CT molecular complexity index is 568. The van der Waals surface area contributed by atoms with Crippen LogP contribution in [-0.4, -0.2) is 17.6 Å². The van der Waals surface area contributed by atoms with E-state index in [0.29, 0.717) is 11.6 Å². The van der Waals surface area contributed by atoms with Crippen molar-refractivity contribution in [3.8, 4) is 0 Å². The van der Waals surface area contributed by atoms with E-state index in [1.165, 1.54) is 0 Å². The number of halogens is 1. The van der Waals surface area contributed by atoms with Crippen LogP contribution in [0.3, 0.4) is 0 Å². The summed E-state index contributed by atoms with van der Waals surface area (Å²) in [6, 6.07) is 6.80. The van der Waals surface area contributed by atoms with E-state index < -0.39 is 0 Å². The molecule has 0 radical (unpaired) electrons. The molecule has 0 saturated heterocycles. The van der Waals surface area contributed by atoms with Gasteiger partial charge in [-0.2, -0.15) is 0 Å². The second-order valence-electron chi connectivity index (χ2n) is 4.37. The molecule has 2 amide bonds. The predicted molar refractivity (Wildman–Crippen MR) is 83.6 cm³/mol. The van der Waals surface area contributed by atoms with E-state index in [9.17, 15) is 4.79 Å². The van der Waals surface area contributed by atoms with Crippen LogP contribution in [-0.2, 0) is 6.42 Å². The molecule has 106 valence electrons. The Hall–Kier alpha value is -1.59. The Morgan fingerprint density at radius 3 is 2.75 bits per heavy atom. The maximum absolute atomic E-state index is 11.6. The second kappa shape index (κ2) is 7.26. The van der Waals surface area contributed by atoms with Crippen LogP contribution in [0.5, 0.6) is 0 Å². The second-order valence-corrected chi connectivity index (χ2v) is 5.75. The summed E-state index contributed by atoms with van der Waals surface area (Å²) in [5, 5.41) is 9.37. The van der Waals surface area contributed by atoms with Gasteiger partial charge in [-0.25, -0.2) is 9.78 Å². The zero-order valence-corrected chi connectivity index (χ0v) is 12.7. The van der Waals surface area contributed by atoms with Crippen LogP contribution in [0, 0.1) is 6.92 Å². The van der Waals surface area contributed by atoms with Crippen LogP contribution in [0.25, 0.3) is 0 Å². The number of aromatic nitrogens is 1. The van der Waals surface area contributed by atoms with Crippen molar-refractivity contribution in [3.05, 3.63) is 45.4 Å². The number of thiazole rings is 1. The van der Waals surface area contributed by atoms with E-state index in [1.807, 2.05) is 12.3 Å². The molecule has 0 spiro atoms. The monoisotopic (exact) mass is 309 g/mol. The molecule has 2 aromatic rings. The molecular weight excluding hydrogens is 294 g/mol. The number of carbonyl (C=O) groups excluding carboxylic acids is 1. The number of anilines is 1. The number of urea groups is 1. The van der Waals surface area contributed by atoms with Gasteiger partial charge in [0.25, 0.3) is 0 Å². The molecule has 0 fully saturated rings. The number of hydrogen-bond donors (Lipinski definition) is 2. The molecule has 20 heavy (non-hydrogen) atoms. The minimum absolute atomic E-state index is 0.206. The van der Waals surface area contributed by atoms with Gasteiger partial charge in [0, 0.05) is 34.7 Å². The first-order valence-electron chi connectivity index (χ1n) is 6.35. The Balaban J connectivity index is 1.66. The highest BCUT2D eigenvalue weighted by Gasteiger charge is 2.02. The lowest BCUT2D eigenvalue weighted by Crippen LogP contribution is -2.29. The number of hydrogen-bond acceptors (Lipinski definition) is 3. The molecule has 1 aromatic carbocycles. The highest BCUT2D eigenvalue weighted by molar-refractivity contribution is 7.09. The molecule has 0 bridgehead atoms. The van der Waals surface area contributed by atoms with Crippen molar-refractivity contribution in [2.45, 2.75) is 19.8 Å². The minimum Gasteiger partial charge on any atom is -0.338 e. The molecule has 1 aromatic heterocycles. The van der Waals surface area contributed by atoms with Crippen molar-refractivity contribution in [1.82, 2.24) is 10.3 Å². The van der Waals surface area contributed by atoms with E-state index in [0.717, 1.165) is 29.2 Å². The molecule has 0 saturated carbocycles. The molecule has 4 nitrogen and oxygen atoms in total. The SMILES string of the molecule is Cc1csc(CCCNC(=O)Nc2ccc(Cl)cc2)n1. The lowest BCUT2D eigenvalue weighted by molar-refractivity contribution is 0.252. The molecule has 2 N–H and O–H groups in total. The summed E-state index contributed by atoms with van der Waals surface area (Å²) in [6.45, 7) is 2.61. The molecule has 6 heteroatoms. The normalized spacial score (nSPS) is 10.3. The zero-order chi connectivity index (χ0) is 14.4. The molecule has 0 aliphatic carbocycles. The quantitative estimate of drug-likeness (QED) is 0.824. The first-order valence-corrected chi connectivity index (χ1v) is 7.60. The van der Waals surface area contributed by atoms with Gasteiger partial charge in [0.05, 0.1) is 5.01 Å². The molecule has 1 heterocycles. The van der Waals surface area contributed by atoms with Gasteiger partial charge < -0.3 is 10.6 Å². The highest BCUT2D eigenvalue weighted by Crippen LogP contribution is 2.13. The lowest BCUT2D eigenvalue weighted by Gasteiger charge is -2.07. The summed E-state index contributed by atoms with van der Waals surface area (Å²) in [7, 11) is 0.